The van der Waals surface area contributed by atoms with E-state index in [0.717, 1.165) is 59.9 Å². The van der Waals surface area contributed by atoms with Gasteiger partial charge in [-0.2, -0.15) is 9.61 Å². The van der Waals surface area contributed by atoms with E-state index in [-0.39, 0.29) is 11.8 Å². The molecule has 1 aliphatic heterocycles. The van der Waals surface area contributed by atoms with E-state index in [2.05, 4.69) is 21.4 Å². The average molecular weight is 491 g/mol. The molecule has 0 aliphatic carbocycles. The number of fused-ring (bicyclic) bond motifs is 1. The van der Waals surface area contributed by atoms with Crippen molar-refractivity contribution in [3.63, 3.8) is 0 Å². The Morgan fingerprint density at radius 1 is 1.06 bits per heavy atom. The van der Waals surface area contributed by atoms with Gasteiger partial charge in [0.1, 0.15) is 11.6 Å². The number of nitrogens with zero attached hydrogens (tertiary/aromatic N) is 5. The Balaban J connectivity index is 1.41. The largest absolute Gasteiger partial charge is 0.493 e. The number of benzene rings is 1. The number of hydrogen-bond donors (Lipinski definition) is 1. The van der Waals surface area contributed by atoms with Crippen LogP contribution in [0.2, 0.25) is 0 Å². The molecule has 1 N–H and O–H groups in total. The lowest BCUT2D eigenvalue weighted by Gasteiger charge is -2.32. The van der Waals surface area contributed by atoms with Crippen LogP contribution >= 0.6 is 0 Å². The van der Waals surface area contributed by atoms with Crippen LogP contribution in [0.25, 0.3) is 16.8 Å². The van der Waals surface area contributed by atoms with Crippen LogP contribution in [0.3, 0.4) is 0 Å². The fraction of sp³-hybridized carbons (Fsp3) is 0.385. The second kappa shape index (κ2) is 9.52. The van der Waals surface area contributed by atoms with Gasteiger partial charge >= 0.3 is 0 Å². The molecule has 1 fully saturated rings. The Morgan fingerprint density at radius 2 is 1.81 bits per heavy atom. The van der Waals surface area contributed by atoms with Crippen molar-refractivity contribution in [2.24, 2.45) is 5.92 Å². The Hall–Kier alpha value is -4.08. The van der Waals surface area contributed by atoms with Gasteiger partial charge < -0.3 is 24.2 Å². The van der Waals surface area contributed by atoms with Crippen LogP contribution in [0, 0.1) is 26.7 Å². The summed E-state index contributed by atoms with van der Waals surface area (Å²) in [5.41, 5.74) is 4.48. The molecule has 36 heavy (non-hydrogen) atoms. The van der Waals surface area contributed by atoms with Crippen molar-refractivity contribution in [2.45, 2.75) is 33.6 Å². The van der Waals surface area contributed by atoms with Gasteiger partial charge in [0.2, 0.25) is 5.91 Å². The lowest BCUT2D eigenvalue weighted by molar-refractivity contribution is -0.120. The summed E-state index contributed by atoms with van der Waals surface area (Å²) in [5, 5.41) is 11.6. The van der Waals surface area contributed by atoms with Crippen molar-refractivity contribution in [3.05, 3.63) is 47.5 Å². The SMILES string of the molecule is COc1ccc(-c2c(C)nn3c(N4CCC(C(=O)Nc5cc(C)on5)CC4)cc(C)nc23)cc1OC. The minimum absolute atomic E-state index is 0.0234. The fourth-order valence-electron chi connectivity index (χ4n) is 4.80. The van der Waals surface area contributed by atoms with E-state index in [1.807, 2.05) is 36.6 Å². The van der Waals surface area contributed by atoms with E-state index in [1.165, 1.54) is 0 Å². The van der Waals surface area contributed by atoms with Gasteiger partial charge in [-0.3, -0.25) is 4.79 Å². The zero-order valence-electron chi connectivity index (χ0n) is 21.2. The van der Waals surface area contributed by atoms with Gasteiger partial charge in [-0.1, -0.05) is 11.2 Å². The van der Waals surface area contributed by atoms with Crippen LogP contribution in [0.4, 0.5) is 11.6 Å². The summed E-state index contributed by atoms with van der Waals surface area (Å²) in [6.07, 6.45) is 1.46. The normalized spacial score (nSPS) is 14.3. The predicted molar refractivity (Wildman–Crippen MR) is 136 cm³/mol. The molecule has 0 radical (unpaired) electrons. The molecule has 10 nitrogen and oxygen atoms in total. The van der Waals surface area contributed by atoms with E-state index in [4.69, 9.17) is 24.1 Å². The number of aromatic nitrogens is 4. The molecule has 0 saturated carbocycles. The van der Waals surface area contributed by atoms with Crippen LogP contribution in [0.5, 0.6) is 11.5 Å². The summed E-state index contributed by atoms with van der Waals surface area (Å²) < 4.78 is 17.9. The maximum Gasteiger partial charge on any atom is 0.228 e. The third-order valence-electron chi connectivity index (χ3n) is 6.61. The van der Waals surface area contributed by atoms with E-state index in [1.54, 1.807) is 27.2 Å². The summed E-state index contributed by atoms with van der Waals surface area (Å²) in [6, 6.07) is 9.61. The van der Waals surface area contributed by atoms with Crippen LogP contribution in [-0.4, -0.2) is 53.0 Å². The van der Waals surface area contributed by atoms with Crippen LogP contribution in [0.1, 0.15) is 30.0 Å². The number of methoxy groups -OCH3 is 2. The minimum Gasteiger partial charge on any atom is -0.493 e. The van der Waals surface area contributed by atoms with Gasteiger partial charge in [-0.25, -0.2) is 4.98 Å². The van der Waals surface area contributed by atoms with E-state index >= 15 is 0 Å². The first kappa shape index (κ1) is 23.7. The highest BCUT2D eigenvalue weighted by Gasteiger charge is 2.28. The number of piperidine rings is 1. The molecule has 0 unspecified atom stereocenters. The zero-order valence-corrected chi connectivity index (χ0v) is 21.2. The van der Waals surface area contributed by atoms with Gasteiger partial charge in [0, 0.05) is 42.4 Å². The average Bonchev–Trinajstić information content (AvgIpc) is 3.44. The maximum absolute atomic E-state index is 12.7. The number of anilines is 2. The van der Waals surface area contributed by atoms with Gasteiger partial charge in [-0.05, 0) is 51.3 Å². The van der Waals surface area contributed by atoms with Crippen molar-refractivity contribution < 1.29 is 18.8 Å². The molecule has 4 aromatic rings. The summed E-state index contributed by atoms with van der Waals surface area (Å²) in [4.78, 5) is 19.8. The van der Waals surface area contributed by atoms with Crippen molar-refractivity contribution in [3.8, 4) is 22.6 Å². The van der Waals surface area contributed by atoms with Gasteiger partial charge in [0.15, 0.2) is 23.0 Å². The van der Waals surface area contributed by atoms with Crippen LogP contribution < -0.4 is 19.7 Å². The molecule has 1 aliphatic rings. The van der Waals surface area contributed by atoms with E-state index in [9.17, 15) is 4.79 Å². The molecule has 0 spiro atoms. The minimum atomic E-state index is -0.0848. The second-order valence-corrected chi connectivity index (χ2v) is 9.09. The lowest BCUT2D eigenvalue weighted by Crippen LogP contribution is -2.39. The third-order valence-corrected chi connectivity index (χ3v) is 6.61. The standard InChI is InChI=1S/C26H30N6O4/c1-15-12-23(31-10-8-18(9-11-31)26(33)28-22-13-16(2)36-30-22)32-25(27-15)24(17(3)29-32)19-6-7-20(34-4)21(14-19)35-5/h6-7,12-14,18H,8-11H2,1-5H3,(H,28,30,33). The summed E-state index contributed by atoms with van der Waals surface area (Å²) in [6.45, 7) is 7.25. The first-order valence-corrected chi connectivity index (χ1v) is 12.0. The molecule has 0 atom stereocenters. The Bertz CT molecular complexity index is 1420. The van der Waals surface area contributed by atoms with Gasteiger partial charge in [0.05, 0.1) is 19.9 Å². The number of amides is 1. The number of nitrogens with one attached hydrogen (secondary N) is 1. The van der Waals surface area contributed by atoms with Crippen molar-refractivity contribution in [1.82, 2.24) is 19.8 Å². The third kappa shape index (κ3) is 4.34. The summed E-state index contributed by atoms with van der Waals surface area (Å²) in [7, 11) is 3.25. The number of hydrogen-bond acceptors (Lipinski definition) is 8. The highest BCUT2D eigenvalue weighted by molar-refractivity contribution is 5.91. The zero-order chi connectivity index (χ0) is 25.4. The molecule has 3 aromatic heterocycles. The maximum atomic E-state index is 12.7. The van der Waals surface area contributed by atoms with Crippen LogP contribution in [0.15, 0.2) is 34.9 Å². The first-order chi connectivity index (χ1) is 17.4. The Labute approximate surface area is 209 Å². The highest BCUT2D eigenvalue weighted by atomic mass is 16.5. The smallest absolute Gasteiger partial charge is 0.228 e. The molecule has 0 bridgehead atoms. The molecular weight excluding hydrogens is 460 g/mol. The van der Waals surface area contributed by atoms with Gasteiger partial charge in [0.25, 0.3) is 0 Å². The molecule has 4 heterocycles. The highest BCUT2D eigenvalue weighted by Crippen LogP contribution is 2.36. The Morgan fingerprint density at radius 3 is 2.47 bits per heavy atom. The Kier molecular flexibility index (Phi) is 6.26. The van der Waals surface area contributed by atoms with E-state index in [0.29, 0.717) is 23.1 Å². The number of aryl methyl sites for hydroxylation is 3. The number of carbonyl (C=O) groups excluding carboxylic acids is 1. The second-order valence-electron chi connectivity index (χ2n) is 9.09. The molecule has 1 amide bonds. The monoisotopic (exact) mass is 490 g/mol. The molecule has 5 rings (SSSR count). The van der Waals surface area contributed by atoms with Gasteiger partial charge in [-0.15, -0.1) is 0 Å². The molecule has 1 saturated heterocycles. The number of carbonyl (C=O) groups is 1. The number of ether oxygens (including phenoxy) is 2. The molecule has 188 valence electrons. The summed E-state index contributed by atoms with van der Waals surface area (Å²) in [5.74, 6) is 3.31. The first-order valence-electron chi connectivity index (χ1n) is 12.0. The quantitative estimate of drug-likeness (QED) is 0.429. The molecular formula is C26H30N6O4. The lowest BCUT2D eigenvalue weighted by atomic mass is 9.96. The van der Waals surface area contributed by atoms with Crippen molar-refractivity contribution >= 4 is 23.2 Å². The van der Waals surface area contributed by atoms with Crippen molar-refractivity contribution in [1.29, 1.82) is 0 Å². The van der Waals surface area contributed by atoms with Crippen LogP contribution in [-0.2, 0) is 4.79 Å². The topological polar surface area (TPSA) is 107 Å². The fourth-order valence-corrected chi connectivity index (χ4v) is 4.80. The molecule has 1 aromatic carbocycles. The predicted octanol–water partition coefficient (Wildman–Crippen LogP) is 4.18. The van der Waals surface area contributed by atoms with E-state index < -0.39 is 0 Å². The molecule has 10 heteroatoms. The summed E-state index contributed by atoms with van der Waals surface area (Å²) >= 11 is 0. The van der Waals surface area contributed by atoms with Crippen molar-refractivity contribution in [2.75, 3.05) is 37.5 Å². The number of rotatable bonds is 6.